The first kappa shape index (κ1) is 13.1. The number of benzene rings is 2. The molecule has 0 aliphatic carbocycles. The molecule has 0 unspecified atom stereocenters. The van der Waals surface area contributed by atoms with Crippen LogP contribution in [0.3, 0.4) is 0 Å². The van der Waals surface area contributed by atoms with Crippen molar-refractivity contribution in [2.45, 2.75) is 13.5 Å². The predicted molar refractivity (Wildman–Crippen MR) is 81.0 cm³/mol. The number of fused-ring (bicyclic) bond motifs is 1. The van der Waals surface area contributed by atoms with Gasteiger partial charge in [0, 0.05) is 0 Å². The Morgan fingerprint density at radius 3 is 2.81 bits per heavy atom. The summed E-state index contributed by atoms with van der Waals surface area (Å²) in [5.74, 6) is 0. The average Bonchev–Trinajstić information content (AvgIpc) is 2.52. The van der Waals surface area contributed by atoms with Crippen LogP contribution in [0.2, 0.25) is 0 Å². The van der Waals surface area contributed by atoms with E-state index in [0.717, 1.165) is 11.1 Å². The Hall–Kier alpha value is -2.93. The number of aryl methyl sites for hydroxylation is 1. The lowest BCUT2D eigenvalue weighted by atomic mass is 10.1. The lowest BCUT2D eigenvalue weighted by Gasteiger charge is -2.09. The average molecular weight is 275 g/mol. The Labute approximate surface area is 121 Å². The summed E-state index contributed by atoms with van der Waals surface area (Å²) < 4.78 is 1.59. The van der Waals surface area contributed by atoms with Crippen LogP contribution in [0, 0.1) is 18.3 Å². The zero-order valence-electron chi connectivity index (χ0n) is 11.6. The monoisotopic (exact) mass is 275 g/mol. The SMILES string of the molecule is Cc1cc(C#N)ccc1Cn1cnc2ccccc2c1=O. The Kier molecular flexibility index (Phi) is 3.25. The standard InChI is InChI=1S/C17H13N3O/c1-12-8-13(9-18)6-7-14(12)10-20-11-19-16-5-3-2-4-15(16)17(20)21/h2-8,11H,10H2,1H3. The molecule has 0 amide bonds. The summed E-state index contributed by atoms with van der Waals surface area (Å²) in [5.41, 5.74) is 3.28. The molecule has 1 heterocycles. The molecule has 0 bridgehead atoms. The van der Waals surface area contributed by atoms with E-state index in [4.69, 9.17) is 5.26 Å². The summed E-state index contributed by atoms with van der Waals surface area (Å²) >= 11 is 0. The molecule has 3 aromatic rings. The third-order valence-electron chi connectivity index (χ3n) is 3.54. The van der Waals surface area contributed by atoms with Gasteiger partial charge < -0.3 is 0 Å². The number of nitrogens with zero attached hydrogens (tertiary/aromatic N) is 3. The van der Waals surface area contributed by atoms with Gasteiger partial charge in [-0.05, 0) is 42.3 Å². The molecule has 0 saturated carbocycles. The molecule has 21 heavy (non-hydrogen) atoms. The van der Waals surface area contributed by atoms with E-state index in [1.807, 2.05) is 37.3 Å². The molecule has 3 rings (SSSR count). The van der Waals surface area contributed by atoms with Gasteiger partial charge in [-0.1, -0.05) is 18.2 Å². The van der Waals surface area contributed by atoms with Crippen LogP contribution in [0.25, 0.3) is 10.9 Å². The van der Waals surface area contributed by atoms with Crippen LogP contribution in [-0.2, 0) is 6.54 Å². The normalized spacial score (nSPS) is 10.5. The van der Waals surface area contributed by atoms with E-state index in [2.05, 4.69) is 11.1 Å². The molecule has 0 spiro atoms. The molecule has 4 heteroatoms. The molecular formula is C17H13N3O. The largest absolute Gasteiger partial charge is 0.294 e. The fraction of sp³-hybridized carbons (Fsp3) is 0.118. The van der Waals surface area contributed by atoms with E-state index < -0.39 is 0 Å². The second-order valence-corrected chi connectivity index (χ2v) is 4.95. The second kappa shape index (κ2) is 5.22. The molecule has 0 aliphatic heterocycles. The number of nitriles is 1. The zero-order valence-corrected chi connectivity index (χ0v) is 11.6. The van der Waals surface area contributed by atoms with E-state index in [-0.39, 0.29) is 5.56 Å². The van der Waals surface area contributed by atoms with E-state index in [0.29, 0.717) is 23.0 Å². The van der Waals surface area contributed by atoms with Gasteiger partial charge >= 0.3 is 0 Å². The van der Waals surface area contributed by atoms with Crippen molar-refractivity contribution in [3.8, 4) is 6.07 Å². The van der Waals surface area contributed by atoms with Crippen LogP contribution in [0.5, 0.6) is 0 Å². The van der Waals surface area contributed by atoms with Crippen molar-refractivity contribution in [2.75, 3.05) is 0 Å². The summed E-state index contributed by atoms with van der Waals surface area (Å²) in [6, 6.07) is 14.9. The van der Waals surface area contributed by atoms with Crippen LogP contribution in [0.1, 0.15) is 16.7 Å². The lowest BCUT2D eigenvalue weighted by molar-refractivity contribution is 0.744. The highest BCUT2D eigenvalue weighted by Gasteiger charge is 2.06. The van der Waals surface area contributed by atoms with Gasteiger partial charge in [-0.2, -0.15) is 5.26 Å². The number of hydrogen-bond acceptors (Lipinski definition) is 3. The molecule has 0 radical (unpaired) electrons. The Morgan fingerprint density at radius 2 is 2.05 bits per heavy atom. The fourth-order valence-corrected chi connectivity index (χ4v) is 2.35. The topological polar surface area (TPSA) is 58.7 Å². The van der Waals surface area contributed by atoms with Gasteiger partial charge in [0.25, 0.3) is 5.56 Å². The minimum absolute atomic E-state index is 0.0515. The lowest BCUT2D eigenvalue weighted by Crippen LogP contribution is -2.21. The van der Waals surface area contributed by atoms with Crippen molar-refractivity contribution < 1.29 is 0 Å². The van der Waals surface area contributed by atoms with E-state index in [9.17, 15) is 4.79 Å². The maximum absolute atomic E-state index is 12.4. The first-order valence-electron chi connectivity index (χ1n) is 6.63. The Bertz CT molecular complexity index is 919. The van der Waals surface area contributed by atoms with Crippen molar-refractivity contribution in [2.24, 2.45) is 0 Å². The highest BCUT2D eigenvalue weighted by molar-refractivity contribution is 5.76. The smallest absolute Gasteiger partial charge is 0.261 e. The van der Waals surface area contributed by atoms with Crippen LogP contribution < -0.4 is 5.56 Å². The molecule has 0 saturated heterocycles. The maximum atomic E-state index is 12.4. The zero-order chi connectivity index (χ0) is 14.8. The molecule has 0 N–H and O–H groups in total. The number of para-hydroxylation sites is 1. The summed E-state index contributed by atoms with van der Waals surface area (Å²) in [7, 11) is 0. The van der Waals surface area contributed by atoms with Crippen molar-refractivity contribution in [1.82, 2.24) is 9.55 Å². The third-order valence-corrected chi connectivity index (χ3v) is 3.54. The fourth-order valence-electron chi connectivity index (χ4n) is 2.35. The van der Waals surface area contributed by atoms with E-state index in [1.165, 1.54) is 0 Å². The molecule has 1 aromatic heterocycles. The van der Waals surface area contributed by atoms with E-state index >= 15 is 0 Å². The molecule has 102 valence electrons. The van der Waals surface area contributed by atoms with Gasteiger partial charge in [-0.25, -0.2) is 4.98 Å². The van der Waals surface area contributed by atoms with Gasteiger partial charge in [0.1, 0.15) is 0 Å². The van der Waals surface area contributed by atoms with Gasteiger partial charge in [0.15, 0.2) is 0 Å². The quantitative estimate of drug-likeness (QED) is 0.722. The van der Waals surface area contributed by atoms with Crippen LogP contribution in [0.15, 0.2) is 53.6 Å². The number of aromatic nitrogens is 2. The molecule has 2 aromatic carbocycles. The van der Waals surface area contributed by atoms with Crippen molar-refractivity contribution >= 4 is 10.9 Å². The Morgan fingerprint density at radius 1 is 1.24 bits per heavy atom. The minimum atomic E-state index is -0.0515. The third kappa shape index (κ3) is 2.41. The number of rotatable bonds is 2. The summed E-state index contributed by atoms with van der Waals surface area (Å²) in [6.07, 6.45) is 1.57. The second-order valence-electron chi connectivity index (χ2n) is 4.95. The highest BCUT2D eigenvalue weighted by atomic mass is 16.1. The molecule has 4 nitrogen and oxygen atoms in total. The minimum Gasteiger partial charge on any atom is -0.294 e. The van der Waals surface area contributed by atoms with Gasteiger partial charge in [-0.3, -0.25) is 9.36 Å². The van der Waals surface area contributed by atoms with Crippen LogP contribution >= 0.6 is 0 Å². The van der Waals surface area contributed by atoms with Crippen LogP contribution in [-0.4, -0.2) is 9.55 Å². The Balaban J connectivity index is 2.05. The summed E-state index contributed by atoms with van der Waals surface area (Å²) in [6.45, 7) is 2.39. The van der Waals surface area contributed by atoms with Gasteiger partial charge in [0.2, 0.25) is 0 Å². The van der Waals surface area contributed by atoms with Crippen LogP contribution in [0.4, 0.5) is 0 Å². The molecule has 0 aliphatic rings. The van der Waals surface area contributed by atoms with Gasteiger partial charge in [-0.15, -0.1) is 0 Å². The maximum Gasteiger partial charge on any atom is 0.261 e. The van der Waals surface area contributed by atoms with E-state index in [1.54, 1.807) is 23.0 Å². The highest BCUT2D eigenvalue weighted by Crippen LogP contribution is 2.12. The first-order chi connectivity index (χ1) is 10.2. The van der Waals surface area contributed by atoms with Gasteiger partial charge in [0.05, 0.1) is 35.4 Å². The predicted octanol–water partition coefficient (Wildman–Crippen LogP) is 2.62. The summed E-state index contributed by atoms with van der Waals surface area (Å²) in [4.78, 5) is 16.8. The molecule has 0 fully saturated rings. The summed E-state index contributed by atoms with van der Waals surface area (Å²) in [5, 5.41) is 9.51. The van der Waals surface area contributed by atoms with Crippen molar-refractivity contribution in [3.63, 3.8) is 0 Å². The first-order valence-corrected chi connectivity index (χ1v) is 6.63. The number of hydrogen-bond donors (Lipinski definition) is 0. The van der Waals surface area contributed by atoms with Crippen molar-refractivity contribution in [3.05, 3.63) is 75.8 Å². The molecular weight excluding hydrogens is 262 g/mol. The van der Waals surface area contributed by atoms with Crippen molar-refractivity contribution in [1.29, 1.82) is 5.26 Å². The molecule has 0 atom stereocenters.